The fourth-order valence-electron chi connectivity index (χ4n) is 1.12. The topological polar surface area (TPSA) is 77.9 Å². The molecule has 0 aliphatic rings. The molecule has 1 aromatic rings. The first-order valence-electron chi connectivity index (χ1n) is 4.21. The average Bonchev–Trinajstić information content (AvgIpc) is 2.27. The van der Waals surface area contributed by atoms with Crippen molar-refractivity contribution in [1.29, 1.82) is 0 Å². The number of benzene rings is 1. The molecule has 0 heterocycles. The summed E-state index contributed by atoms with van der Waals surface area (Å²) in [6, 6.07) is 5.02. The summed E-state index contributed by atoms with van der Waals surface area (Å²) >= 11 is 5.97. The van der Waals surface area contributed by atoms with Gasteiger partial charge in [-0.3, -0.25) is 4.79 Å². The van der Waals surface area contributed by atoms with Gasteiger partial charge >= 0.3 is 0 Å². The Morgan fingerprint density at radius 1 is 1.67 bits per heavy atom. The minimum atomic E-state index is -0.261. The lowest BCUT2D eigenvalue weighted by Gasteiger charge is -2.06. The van der Waals surface area contributed by atoms with Gasteiger partial charge in [-0.15, -0.1) is 0 Å². The van der Waals surface area contributed by atoms with Crippen LogP contribution in [-0.4, -0.2) is 13.0 Å². The number of amides is 1. The quantitative estimate of drug-likeness (QED) is 0.478. The van der Waals surface area contributed by atoms with Crippen molar-refractivity contribution in [2.24, 2.45) is 5.11 Å². The van der Waals surface area contributed by atoms with Gasteiger partial charge in [-0.05, 0) is 17.2 Å². The van der Waals surface area contributed by atoms with Gasteiger partial charge in [-0.1, -0.05) is 28.8 Å². The second kappa shape index (κ2) is 5.24. The highest BCUT2D eigenvalue weighted by Crippen LogP contribution is 2.21. The third-order valence-corrected chi connectivity index (χ3v) is 2.30. The zero-order valence-electron chi connectivity index (χ0n) is 8.07. The monoisotopic (exact) mass is 224 g/mol. The second-order valence-electron chi connectivity index (χ2n) is 2.75. The van der Waals surface area contributed by atoms with Gasteiger partial charge in [0.25, 0.3) is 5.91 Å². The predicted octanol–water partition coefficient (Wildman–Crippen LogP) is 2.51. The van der Waals surface area contributed by atoms with Crippen molar-refractivity contribution in [3.8, 4) is 0 Å². The molecule has 1 aromatic carbocycles. The van der Waals surface area contributed by atoms with Crippen molar-refractivity contribution in [2.45, 2.75) is 6.54 Å². The molecule has 5 nitrogen and oxygen atoms in total. The molecule has 1 N–H and O–H groups in total. The second-order valence-corrected chi connectivity index (χ2v) is 3.12. The lowest BCUT2D eigenvalue weighted by Crippen LogP contribution is -2.18. The number of carbonyl (C=O) groups excluding carboxylic acids is 1. The Morgan fingerprint density at radius 3 is 3.00 bits per heavy atom. The highest BCUT2D eigenvalue weighted by molar-refractivity contribution is 6.34. The smallest absolute Gasteiger partial charge is 0.252 e. The number of halogens is 1. The molecule has 0 saturated heterocycles. The third-order valence-electron chi connectivity index (χ3n) is 1.85. The lowest BCUT2D eigenvalue weighted by molar-refractivity contribution is 0.0963. The Kier molecular flexibility index (Phi) is 3.97. The summed E-state index contributed by atoms with van der Waals surface area (Å²) in [5.41, 5.74) is 9.19. The molecule has 78 valence electrons. The molecular formula is C9H9ClN4O. The lowest BCUT2D eigenvalue weighted by atomic mass is 10.1. The third kappa shape index (κ3) is 2.62. The largest absolute Gasteiger partial charge is 0.355 e. The van der Waals surface area contributed by atoms with Crippen LogP contribution in [0.5, 0.6) is 0 Å². The molecule has 0 fully saturated rings. The molecule has 0 spiro atoms. The van der Waals surface area contributed by atoms with Crippen LogP contribution in [0.25, 0.3) is 10.4 Å². The zero-order valence-corrected chi connectivity index (χ0v) is 8.82. The van der Waals surface area contributed by atoms with Crippen LogP contribution in [0.1, 0.15) is 15.9 Å². The summed E-state index contributed by atoms with van der Waals surface area (Å²) in [4.78, 5) is 14.0. The van der Waals surface area contributed by atoms with Crippen molar-refractivity contribution in [2.75, 3.05) is 7.05 Å². The Hall–Kier alpha value is -1.71. The van der Waals surface area contributed by atoms with Gasteiger partial charge in [-0.25, -0.2) is 0 Å². The van der Waals surface area contributed by atoms with Crippen LogP contribution in [-0.2, 0) is 6.54 Å². The standard InChI is InChI=1S/C9H9ClN4O/c1-12-9(15)7-4-2-3-6(8(7)10)5-13-14-11/h2-4H,5H2,1H3,(H,12,15). The highest BCUT2D eigenvalue weighted by Gasteiger charge is 2.10. The fourth-order valence-corrected chi connectivity index (χ4v) is 1.39. The molecule has 0 unspecified atom stereocenters. The summed E-state index contributed by atoms with van der Waals surface area (Å²) in [5.74, 6) is -0.261. The molecule has 0 aliphatic heterocycles. The van der Waals surface area contributed by atoms with Crippen LogP contribution in [0.3, 0.4) is 0 Å². The molecule has 15 heavy (non-hydrogen) atoms. The van der Waals surface area contributed by atoms with Crippen molar-refractivity contribution < 1.29 is 4.79 Å². The van der Waals surface area contributed by atoms with Gasteiger partial charge in [-0.2, -0.15) is 0 Å². The van der Waals surface area contributed by atoms with Gasteiger partial charge in [0.05, 0.1) is 17.1 Å². The van der Waals surface area contributed by atoms with E-state index < -0.39 is 0 Å². The first-order valence-corrected chi connectivity index (χ1v) is 4.58. The first-order chi connectivity index (χ1) is 7.20. The summed E-state index contributed by atoms with van der Waals surface area (Å²) < 4.78 is 0. The van der Waals surface area contributed by atoms with E-state index in [-0.39, 0.29) is 12.5 Å². The van der Waals surface area contributed by atoms with Crippen molar-refractivity contribution >= 4 is 17.5 Å². The number of rotatable bonds is 3. The number of nitrogens with zero attached hydrogens (tertiary/aromatic N) is 3. The normalized spacial score (nSPS) is 9.20. The van der Waals surface area contributed by atoms with E-state index in [9.17, 15) is 4.79 Å². The van der Waals surface area contributed by atoms with Crippen molar-refractivity contribution in [3.63, 3.8) is 0 Å². The Balaban J connectivity index is 3.10. The van der Waals surface area contributed by atoms with E-state index in [2.05, 4.69) is 15.3 Å². The molecule has 0 atom stereocenters. The van der Waals surface area contributed by atoms with Crippen molar-refractivity contribution in [3.05, 3.63) is 44.8 Å². The number of nitrogens with one attached hydrogen (secondary N) is 1. The fraction of sp³-hybridized carbons (Fsp3) is 0.222. The molecule has 0 bridgehead atoms. The summed E-state index contributed by atoms with van der Waals surface area (Å²) in [6.07, 6.45) is 0. The minimum Gasteiger partial charge on any atom is -0.355 e. The van der Waals surface area contributed by atoms with E-state index in [1.54, 1.807) is 18.2 Å². The Labute approximate surface area is 91.7 Å². The highest BCUT2D eigenvalue weighted by atomic mass is 35.5. The number of carbonyl (C=O) groups is 1. The van der Waals surface area contributed by atoms with Gasteiger partial charge in [0.15, 0.2) is 0 Å². The predicted molar refractivity (Wildman–Crippen MR) is 57.7 cm³/mol. The summed E-state index contributed by atoms with van der Waals surface area (Å²) in [6.45, 7) is 0.139. The van der Waals surface area contributed by atoms with E-state index in [1.807, 2.05) is 0 Å². The number of hydrogen-bond acceptors (Lipinski definition) is 2. The molecule has 6 heteroatoms. The molecular weight excluding hydrogens is 216 g/mol. The van der Waals surface area contributed by atoms with Crippen LogP contribution in [0.15, 0.2) is 23.3 Å². The summed E-state index contributed by atoms with van der Waals surface area (Å²) in [7, 11) is 1.53. The van der Waals surface area contributed by atoms with Crippen LogP contribution < -0.4 is 5.32 Å². The van der Waals surface area contributed by atoms with E-state index in [0.29, 0.717) is 16.1 Å². The Morgan fingerprint density at radius 2 is 2.40 bits per heavy atom. The van der Waals surface area contributed by atoms with E-state index in [4.69, 9.17) is 17.1 Å². The zero-order chi connectivity index (χ0) is 11.3. The molecule has 1 rings (SSSR count). The maximum absolute atomic E-state index is 11.4. The van der Waals surface area contributed by atoms with Gasteiger partial charge in [0, 0.05) is 12.0 Å². The van der Waals surface area contributed by atoms with Crippen LogP contribution >= 0.6 is 11.6 Å². The van der Waals surface area contributed by atoms with Crippen molar-refractivity contribution in [1.82, 2.24) is 5.32 Å². The van der Waals surface area contributed by atoms with E-state index in [0.717, 1.165) is 0 Å². The van der Waals surface area contributed by atoms with Gasteiger partial charge in [0.1, 0.15) is 0 Å². The Bertz CT molecular complexity index is 426. The molecule has 1 amide bonds. The van der Waals surface area contributed by atoms with Crippen LogP contribution in [0.2, 0.25) is 5.02 Å². The number of hydrogen-bond donors (Lipinski definition) is 1. The molecule has 0 aromatic heterocycles. The van der Waals surface area contributed by atoms with E-state index >= 15 is 0 Å². The first kappa shape index (κ1) is 11.4. The maximum Gasteiger partial charge on any atom is 0.252 e. The molecule has 0 saturated carbocycles. The van der Waals surface area contributed by atoms with E-state index in [1.165, 1.54) is 7.05 Å². The maximum atomic E-state index is 11.4. The minimum absolute atomic E-state index is 0.139. The summed E-state index contributed by atoms with van der Waals surface area (Å²) in [5, 5.41) is 6.20. The average molecular weight is 225 g/mol. The molecule has 0 radical (unpaired) electrons. The van der Waals surface area contributed by atoms with Crippen LogP contribution in [0.4, 0.5) is 0 Å². The van der Waals surface area contributed by atoms with Gasteiger partial charge < -0.3 is 5.32 Å². The SMILES string of the molecule is CNC(=O)c1cccc(CN=[N+]=[N-])c1Cl. The molecule has 0 aliphatic carbocycles. The van der Waals surface area contributed by atoms with Gasteiger partial charge in [0.2, 0.25) is 0 Å². The van der Waals surface area contributed by atoms with Crippen LogP contribution in [0, 0.1) is 0 Å². The number of azide groups is 1.